The topological polar surface area (TPSA) is 62.1 Å². The molecule has 0 aliphatic rings. The van der Waals surface area contributed by atoms with Gasteiger partial charge in [-0.3, -0.25) is 4.57 Å². The largest absolute Gasteiger partial charge is 0.481 e. The minimum atomic E-state index is 0.447. The maximum absolute atomic E-state index is 5.70. The molecule has 3 heterocycles. The van der Waals surface area contributed by atoms with Crippen LogP contribution in [0.1, 0.15) is 13.8 Å². The minimum absolute atomic E-state index is 0.447. The molecule has 0 radical (unpaired) electrons. The third-order valence-corrected chi connectivity index (χ3v) is 3.37. The Hall–Kier alpha value is -2.89. The van der Waals surface area contributed by atoms with Crippen LogP contribution in [0.3, 0.4) is 0 Å². The number of hydrogen-bond acceptors (Lipinski definition) is 5. The van der Waals surface area contributed by atoms with Crippen molar-refractivity contribution in [3.63, 3.8) is 0 Å². The van der Waals surface area contributed by atoms with Crippen molar-refractivity contribution in [3.8, 4) is 29.0 Å². The van der Waals surface area contributed by atoms with Gasteiger partial charge in [-0.25, -0.2) is 15.0 Å². The summed E-state index contributed by atoms with van der Waals surface area (Å²) in [4.78, 5) is 13.2. The molecule has 0 fully saturated rings. The fourth-order valence-corrected chi connectivity index (χ4v) is 2.21. The molecule has 0 saturated carbocycles. The summed E-state index contributed by atoms with van der Waals surface area (Å²) in [5.74, 6) is 2.35. The van der Waals surface area contributed by atoms with E-state index in [4.69, 9.17) is 9.47 Å². The highest BCUT2D eigenvalue weighted by Gasteiger charge is 2.11. The molecular weight excluding hydrogens is 304 g/mol. The molecule has 24 heavy (non-hydrogen) atoms. The number of imidazole rings is 1. The van der Waals surface area contributed by atoms with Crippen molar-refractivity contribution in [2.24, 2.45) is 5.92 Å². The van der Waals surface area contributed by atoms with E-state index in [1.807, 2.05) is 41.1 Å². The van der Waals surface area contributed by atoms with E-state index in [-0.39, 0.29) is 0 Å². The van der Waals surface area contributed by atoms with Gasteiger partial charge in [-0.15, -0.1) is 0 Å². The van der Waals surface area contributed by atoms with Gasteiger partial charge in [-0.2, -0.15) is 0 Å². The summed E-state index contributed by atoms with van der Waals surface area (Å²) in [7, 11) is 1.59. The zero-order chi connectivity index (χ0) is 16.9. The molecular formula is C18H20N4O2. The van der Waals surface area contributed by atoms with E-state index in [2.05, 4.69) is 28.8 Å². The standard InChI is InChI=1S/C18H20N4O2/c1-13(2)12-24-17-6-4-5-15(21-17)18-19-9-10-22(18)14-7-8-16(23-3)20-11-14/h4-11,13H,12H2,1-3H3. The maximum atomic E-state index is 5.70. The van der Waals surface area contributed by atoms with Gasteiger partial charge in [0.2, 0.25) is 11.8 Å². The average molecular weight is 324 g/mol. The Labute approximate surface area is 141 Å². The lowest BCUT2D eigenvalue weighted by Gasteiger charge is -2.10. The molecule has 0 atom stereocenters. The SMILES string of the molecule is COc1ccc(-n2ccnc2-c2cccc(OCC(C)C)n2)cn1. The van der Waals surface area contributed by atoms with E-state index < -0.39 is 0 Å². The van der Waals surface area contributed by atoms with Gasteiger partial charge in [0.25, 0.3) is 0 Å². The Morgan fingerprint density at radius 3 is 2.67 bits per heavy atom. The molecule has 3 rings (SSSR count). The number of rotatable bonds is 6. The molecule has 3 aromatic heterocycles. The highest BCUT2D eigenvalue weighted by atomic mass is 16.5. The first-order valence-corrected chi connectivity index (χ1v) is 7.81. The average Bonchev–Trinajstić information content (AvgIpc) is 3.10. The zero-order valence-corrected chi connectivity index (χ0v) is 14.0. The van der Waals surface area contributed by atoms with Crippen LogP contribution in [0.25, 0.3) is 17.2 Å². The van der Waals surface area contributed by atoms with Gasteiger partial charge in [0.05, 0.1) is 25.6 Å². The molecule has 0 amide bonds. The number of methoxy groups -OCH3 is 1. The summed E-state index contributed by atoms with van der Waals surface area (Å²) in [6.45, 7) is 4.84. The van der Waals surface area contributed by atoms with Crippen molar-refractivity contribution < 1.29 is 9.47 Å². The molecule has 6 nitrogen and oxygen atoms in total. The molecule has 0 spiro atoms. The first kappa shape index (κ1) is 16.0. The van der Waals surface area contributed by atoms with Crippen LogP contribution in [0, 0.1) is 5.92 Å². The molecule has 0 unspecified atom stereocenters. The third-order valence-electron chi connectivity index (χ3n) is 3.37. The van der Waals surface area contributed by atoms with Crippen LogP contribution in [-0.2, 0) is 0 Å². The van der Waals surface area contributed by atoms with Gasteiger partial charge in [-0.05, 0) is 18.1 Å². The summed E-state index contributed by atoms with van der Waals surface area (Å²) in [6, 6.07) is 9.43. The molecule has 3 aromatic rings. The maximum Gasteiger partial charge on any atom is 0.213 e. The first-order chi connectivity index (χ1) is 11.7. The lowest BCUT2D eigenvalue weighted by molar-refractivity contribution is 0.261. The number of aromatic nitrogens is 4. The fourth-order valence-electron chi connectivity index (χ4n) is 2.21. The second-order valence-electron chi connectivity index (χ2n) is 5.75. The Morgan fingerprint density at radius 2 is 1.96 bits per heavy atom. The summed E-state index contributed by atoms with van der Waals surface area (Å²) in [6.07, 6.45) is 5.36. The Balaban J connectivity index is 1.90. The predicted octanol–water partition coefficient (Wildman–Crippen LogP) is 3.37. The van der Waals surface area contributed by atoms with Crippen LogP contribution in [0.2, 0.25) is 0 Å². The molecule has 0 N–H and O–H groups in total. The van der Waals surface area contributed by atoms with Gasteiger partial charge in [0.1, 0.15) is 5.69 Å². The molecule has 0 saturated heterocycles. The van der Waals surface area contributed by atoms with Crippen LogP contribution in [-0.4, -0.2) is 33.2 Å². The van der Waals surface area contributed by atoms with E-state index in [9.17, 15) is 0 Å². The predicted molar refractivity (Wildman–Crippen MR) is 91.5 cm³/mol. The van der Waals surface area contributed by atoms with Crippen LogP contribution in [0.15, 0.2) is 48.9 Å². The van der Waals surface area contributed by atoms with Gasteiger partial charge in [0.15, 0.2) is 5.82 Å². The van der Waals surface area contributed by atoms with Gasteiger partial charge in [0, 0.05) is 24.5 Å². The van der Waals surface area contributed by atoms with E-state index in [0.717, 1.165) is 17.2 Å². The summed E-state index contributed by atoms with van der Waals surface area (Å²) >= 11 is 0. The van der Waals surface area contributed by atoms with Crippen LogP contribution >= 0.6 is 0 Å². The quantitative estimate of drug-likeness (QED) is 0.695. The fraction of sp³-hybridized carbons (Fsp3) is 0.278. The van der Waals surface area contributed by atoms with Crippen molar-refractivity contribution in [2.45, 2.75) is 13.8 Å². The van der Waals surface area contributed by atoms with Gasteiger partial charge < -0.3 is 9.47 Å². The smallest absolute Gasteiger partial charge is 0.213 e. The highest BCUT2D eigenvalue weighted by Crippen LogP contribution is 2.22. The van der Waals surface area contributed by atoms with Crippen molar-refractivity contribution >= 4 is 0 Å². The molecule has 0 aliphatic carbocycles. The van der Waals surface area contributed by atoms with Gasteiger partial charge in [-0.1, -0.05) is 19.9 Å². The molecule has 0 bridgehead atoms. The van der Waals surface area contributed by atoms with E-state index in [1.165, 1.54) is 0 Å². The number of ether oxygens (including phenoxy) is 2. The number of nitrogens with zero attached hydrogens (tertiary/aromatic N) is 4. The van der Waals surface area contributed by atoms with Crippen LogP contribution in [0.5, 0.6) is 11.8 Å². The summed E-state index contributed by atoms with van der Waals surface area (Å²) in [5, 5.41) is 0. The number of pyridine rings is 2. The molecule has 0 aliphatic heterocycles. The van der Waals surface area contributed by atoms with Crippen molar-refractivity contribution in [1.29, 1.82) is 0 Å². The normalized spacial score (nSPS) is 10.8. The van der Waals surface area contributed by atoms with Crippen LogP contribution in [0.4, 0.5) is 0 Å². The van der Waals surface area contributed by atoms with E-state index >= 15 is 0 Å². The minimum Gasteiger partial charge on any atom is -0.481 e. The number of hydrogen-bond donors (Lipinski definition) is 0. The van der Waals surface area contributed by atoms with Crippen molar-refractivity contribution in [2.75, 3.05) is 13.7 Å². The third kappa shape index (κ3) is 3.53. The van der Waals surface area contributed by atoms with Gasteiger partial charge >= 0.3 is 0 Å². The molecule has 0 aromatic carbocycles. The first-order valence-electron chi connectivity index (χ1n) is 7.81. The summed E-state index contributed by atoms with van der Waals surface area (Å²) in [5.41, 5.74) is 1.63. The lowest BCUT2D eigenvalue weighted by atomic mass is 10.2. The van der Waals surface area contributed by atoms with Crippen molar-refractivity contribution in [1.82, 2.24) is 19.5 Å². The highest BCUT2D eigenvalue weighted by molar-refractivity contribution is 5.54. The van der Waals surface area contributed by atoms with E-state index in [0.29, 0.717) is 24.3 Å². The second kappa shape index (κ2) is 7.12. The van der Waals surface area contributed by atoms with Crippen molar-refractivity contribution in [3.05, 3.63) is 48.9 Å². The summed E-state index contributed by atoms with van der Waals surface area (Å²) < 4.78 is 12.7. The zero-order valence-electron chi connectivity index (χ0n) is 14.0. The van der Waals surface area contributed by atoms with Crippen LogP contribution < -0.4 is 9.47 Å². The molecule has 6 heteroatoms. The Kier molecular flexibility index (Phi) is 4.74. The Morgan fingerprint density at radius 1 is 1.08 bits per heavy atom. The van der Waals surface area contributed by atoms with E-state index in [1.54, 1.807) is 19.5 Å². The lowest BCUT2D eigenvalue weighted by Crippen LogP contribution is -2.06. The monoisotopic (exact) mass is 324 g/mol. The molecule has 124 valence electrons. The second-order valence-corrected chi connectivity index (χ2v) is 5.75. The Bertz CT molecular complexity index is 797.